The molecule has 1 N–H and O–H groups in total. The molecule has 1 saturated heterocycles. The monoisotopic (exact) mass is 196 g/mol. The van der Waals surface area contributed by atoms with Gasteiger partial charge in [-0.1, -0.05) is 5.21 Å². The van der Waals surface area contributed by atoms with Gasteiger partial charge in [-0.05, 0) is 12.3 Å². The Labute approximate surface area is 83.4 Å². The molecule has 0 amide bonds. The van der Waals surface area contributed by atoms with Crippen LogP contribution in [0.2, 0.25) is 0 Å². The van der Waals surface area contributed by atoms with E-state index in [4.69, 9.17) is 4.74 Å². The molecular weight excluding hydrogens is 180 g/mol. The Morgan fingerprint density at radius 3 is 3.29 bits per heavy atom. The lowest BCUT2D eigenvalue weighted by Gasteiger charge is -2.07. The summed E-state index contributed by atoms with van der Waals surface area (Å²) in [5.41, 5.74) is 0.992. The van der Waals surface area contributed by atoms with Crippen LogP contribution < -0.4 is 5.32 Å². The van der Waals surface area contributed by atoms with E-state index in [1.54, 1.807) is 4.68 Å². The van der Waals surface area contributed by atoms with Crippen molar-refractivity contribution in [3.63, 3.8) is 0 Å². The van der Waals surface area contributed by atoms with Crippen molar-refractivity contribution in [2.24, 2.45) is 13.0 Å². The predicted octanol–water partition coefficient (Wildman–Crippen LogP) is -0.0588. The van der Waals surface area contributed by atoms with Crippen LogP contribution in [-0.4, -0.2) is 34.8 Å². The number of hydrogen-bond donors (Lipinski definition) is 1. The van der Waals surface area contributed by atoms with Gasteiger partial charge in [-0.25, -0.2) is 0 Å². The van der Waals surface area contributed by atoms with Crippen LogP contribution in [0.1, 0.15) is 12.1 Å². The molecule has 5 nitrogen and oxygen atoms in total. The van der Waals surface area contributed by atoms with Crippen LogP contribution in [-0.2, 0) is 18.3 Å². The van der Waals surface area contributed by atoms with E-state index in [9.17, 15) is 0 Å². The van der Waals surface area contributed by atoms with Crippen molar-refractivity contribution in [2.75, 3.05) is 19.8 Å². The molecule has 1 aliphatic heterocycles. The average Bonchev–Trinajstić information content (AvgIpc) is 2.77. The van der Waals surface area contributed by atoms with Crippen LogP contribution in [0.25, 0.3) is 0 Å². The number of hydrogen-bond acceptors (Lipinski definition) is 4. The second-order valence-electron chi connectivity index (χ2n) is 3.74. The summed E-state index contributed by atoms with van der Waals surface area (Å²) in [6.07, 6.45) is 3.10. The Morgan fingerprint density at radius 1 is 1.71 bits per heavy atom. The summed E-state index contributed by atoms with van der Waals surface area (Å²) in [6.45, 7) is 3.62. The first kappa shape index (κ1) is 9.61. The van der Waals surface area contributed by atoms with Gasteiger partial charge in [0.15, 0.2) is 0 Å². The van der Waals surface area contributed by atoms with Crippen molar-refractivity contribution in [1.29, 1.82) is 0 Å². The Balaban J connectivity index is 1.67. The molecule has 1 aliphatic rings. The van der Waals surface area contributed by atoms with Gasteiger partial charge in [-0.3, -0.25) is 4.68 Å². The lowest BCUT2D eigenvalue weighted by molar-refractivity contribution is 0.185. The fourth-order valence-electron chi connectivity index (χ4n) is 1.62. The highest BCUT2D eigenvalue weighted by atomic mass is 16.5. The standard InChI is InChI=1S/C9H16N4O/c1-13-6-9(11-12-13)5-10-4-8-2-3-14-7-8/h6,8,10H,2-5,7H2,1H3. The minimum Gasteiger partial charge on any atom is -0.381 e. The number of aryl methyl sites for hydroxylation is 1. The first-order valence-electron chi connectivity index (χ1n) is 4.98. The molecule has 1 aromatic heterocycles. The third-order valence-electron chi connectivity index (χ3n) is 2.41. The molecular formula is C9H16N4O. The number of aromatic nitrogens is 3. The third-order valence-corrected chi connectivity index (χ3v) is 2.41. The molecule has 78 valence electrons. The quantitative estimate of drug-likeness (QED) is 0.733. The average molecular weight is 196 g/mol. The van der Waals surface area contributed by atoms with Crippen LogP contribution in [0.3, 0.4) is 0 Å². The Hall–Kier alpha value is -0.940. The zero-order valence-corrected chi connectivity index (χ0v) is 8.44. The molecule has 1 atom stereocenters. The molecule has 2 heterocycles. The lowest BCUT2D eigenvalue weighted by Crippen LogP contribution is -2.22. The van der Waals surface area contributed by atoms with Crippen LogP contribution in [0.5, 0.6) is 0 Å². The normalized spacial score (nSPS) is 21.6. The SMILES string of the molecule is Cn1cc(CNCC2CCOC2)nn1. The van der Waals surface area contributed by atoms with Gasteiger partial charge in [0, 0.05) is 32.9 Å². The van der Waals surface area contributed by atoms with Crippen LogP contribution in [0.4, 0.5) is 0 Å². The molecule has 0 aliphatic carbocycles. The molecule has 0 radical (unpaired) electrons. The highest BCUT2D eigenvalue weighted by Crippen LogP contribution is 2.10. The largest absolute Gasteiger partial charge is 0.381 e. The fraction of sp³-hybridized carbons (Fsp3) is 0.778. The van der Waals surface area contributed by atoms with E-state index in [0.717, 1.165) is 32.0 Å². The molecule has 1 aromatic rings. The van der Waals surface area contributed by atoms with E-state index in [1.165, 1.54) is 6.42 Å². The van der Waals surface area contributed by atoms with E-state index in [0.29, 0.717) is 5.92 Å². The third kappa shape index (κ3) is 2.52. The predicted molar refractivity (Wildman–Crippen MR) is 51.6 cm³/mol. The van der Waals surface area contributed by atoms with Crippen LogP contribution in [0.15, 0.2) is 6.20 Å². The molecule has 2 rings (SSSR count). The molecule has 0 spiro atoms. The van der Waals surface area contributed by atoms with Gasteiger partial charge in [0.25, 0.3) is 0 Å². The molecule has 1 unspecified atom stereocenters. The Kier molecular flexibility index (Phi) is 3.10. The van der Waals surface area contributed by atoms with Crippen molar-refractivity contribution in [2.45, 2.75) is 13.0 Å². The smallest absolute Gasteiger partial charge is 0.0964 e. The van der Waals surface area contributed by atoms with Crippen molar-refractivity contribution < 1.29 is 4.74 Å². The van der Waals surface area contributed by atoms with E-state index < -0.39 is 0 Å². The zero-order chi connectivity index (χ0) is 9.80. The minimum atomic E-state index is 0.673. The Bertz CT molecular complexity index is 280. The lowest BCUT2D eigenvalue weighted by atomic mass is 10.1. The summed E-state index contributed by atoms with van der Waals surface area (Å²) >= 11 is 0. The number of nitrogens with zero attached hydrogens (tertiary/aromatic N) is 3. The second-order valence-corrected chi connectivity index (χ2v) is 3.74. The summed E-state index contributed by atoms with van der Waals surface area (Å²) in [5, 5.41) is 11.2. The van der Waals surface area contributed by atoms with Gasteiger partial charge in [0.05, 0.1) is 12.3 Å². The molecule has 14 heavy (non-hydrogen) atoms. The maximum atomic E-state index is 5.29. The van der Waals surface area contributed by atoms with Gasteiger partial charge in [-0.2, -0.15) is 0 Å². The van der Waals surface area contributed by atoms with Gasteiger partial charge in [-0.15, -0.1) is 5.10 Å². The van der Waals surface area contributed by atoms with Crippen molar-refractivity contribution in [1.82, 2.24) is 20.3 Å². The summed E-state index contributed by atoms with van der Waals surface area (Å²) in [6, 6.07) is 0. The highest BCUT2D eigenvalue weighted by molar-refractivity contribution is 4.90. The van der Waals surface area contributed by atoms with Crippen molar-refractivity contribution in [3.8, 4) is 0 Å². The molecule has 0 bridgehead atoms. The summed E-state index contributed by atoms with van der Waals surface area (Å²) < 4.78 is 7.01. The van der Waals surface area contributed by atoms with E-state index in [1.807, 2.05) is 13.2 Å². The fourth-order valence-corrected chi connectivity index (χ4v) is 1.62. The zero-order valence-electron chi connectivity index (χ0n) is 8.44. The summed E-state index contributed by atoms with van der Waals surface area (Å²) in [7, 11) is 1.88. The van der Waals surface area contributed by atoms with Crippen LogP contribution in [0, 0.1) is 5.92 Å². The topological polar surface area (TPSA) is 52.0 Å². The number of nitrogens with one attached hydrogen (secondary N) is 1. The minimum absolute atomic E-state index is 0.673. The van der Waals surface area contributed by atoms with E-state index in [-0.39, 0.29) is 0 Å². The second kappa shape index (κ2) is 4.52. The maximum absolute atomic E-state index is 5.29. The molecule has 5 heteroatoms. The maximum Gasteiger partial charge on any atom is 0.0964 e. The van der Waals surface area contributed by atoms with Crippen molar-refractivity contribution >= 4 is 0 Å². The number of ether oxygens (including phenoxy) is 1. The molecule has 0 saturated carbocycles. The molecule has 0 aromatic carbocycles. The van der Waals surface area contributed by atoms with Gasteiger partial charge in [0.1, 0.15) is 0 Å². The first-order chi connectivity index (χ1) is 6.84. The van der Waals surface area contributed by atoms with Crippen LogP contribution >= 0.6 is 0 Å². The Morgan fingerprint density at radius 2 is 2.64 bits per heavy atom. The van der Waals surface area contributed by atoms with Gasteiger partial charge in [0.2, 0.25) is 0 Å². The van der Waals surface area contributed by atoms with E-state index >= 15 is 0 Å². The van der Waals surface area contributed by atoms with Gasteiger partial charge < -0.3 is 10.1 Å². The highest BCUT2D eigenvalue weighted by Gasteiger charge is 2.14. The summed E-state index contributed by atoms with van der Waals surface area (Å²) in [5.74, 6) is 0.673. The van der Waals surface area contributed by atoms with E-state index in [2.05, 4.69) is 15.6 Å². The van der Waals surface area contributed by atoms with Crippen molar-refractivity contribution in [3.05, 3.63) is 11.9 Å². The first-order valence-corrected chi connectivity index (χ1v) is 4.98. The van der Waals surface area contributed by atoms with Gasteiger partial charge >= 0.3 is 0 Å². The molecule has 1 fully saturated rings. The summed E-state index contributed by atoms with van der Waals surface area (Å²) in [4.78, 5) is 0. The number of rotatable bonds is 4.